The first kappa shape index (κ1) is 8.75. The summed E-state index contributed by atoms with van der Waals surface area (Å²) in [6.45, 7) is 0. The van der Waals surface area contributed by atoms with Gasteiger partial charge >= 0.3 is 0 Å². The second-order valence-corrected chi connectivity index (χ2v) is 3.70. The van der Waals surface area contributed by atoms with Gasteiger partial charge in [0.2, 0.25) is 9.84 Å². The highest BCUT2D eigenvalue weighted by atomic mass is 32.2. The fraction of sp³-hybridized carbons (Fsp3) is 0. The van der Waals surface area contributed by atoms with Crippen LogP contribution in [-0.2, 0) is 9.84 Å². The van der Waals surface area contributed by atoms with Gasteiger partial charge in [0.05, 0.1) is 10.1 Å². The molecule has 12 heavy (non-hydrogen) atoms. The molecule has 0 N–H and O–H groups in total. The topological polar surface area (TPSA) is 34.1 Å². The van der Waals surface area contributed by atoms with Crippen molar-refractivity contribution in [1.82, 2.24) is 0 Å². The van der Waals surface area contributed by atoms with E-state index in [9.17, 15) is 12.8 Å². The van der Waals surface area contributed by atoms with Crippen molar-refractivity contribution >= 4 is 9.84 Å². The van der Waals surface area contributed by atoms with Gasteiger partial charge < -0.3 is 0 Å². The third-order valence-electron chi connectivity index (χ3n) is 1.23. The summed E-state index contributed by atoms with van der Waals surface area (Å²) in [6.07, 6.45) is 0.868. The fourth-order valence-corrected chi connectivity index (χ4v) is 1.44. The molecule has 0 aliphatic carbocycles. The summed E-state index contributed by atoms with van der Waals surface area (Å²) >= 11 is 0. The van der Waals surface area contributed by atoms with Gasteiger partial charge in [-0.15, -0.1) is 4.39 Å². The number of rotatable bonds is 1. The molecule has 0 saturated heterocycles. The molecule has 0 heterocycles. The Hall–Kier alpha value is -1.34. The maximum Gasteiger partial charge on any atom is 0.247 e. The average Bonchev–Trinajstić information content (AvgIpc) is 2.06. The molecule has 0 aliphatic rings. The quantitative estimate of drug-likeness (QED) is 0.617. The lowest BCUT2D eigenvalue weighted by molar-refractivity contribution is 0.606. The molecule has 0 fully saturated rings. The summed E-state index contributed by atoms with van der Waals surface area (Å²) in [5.74, 6) is 0. The Morgan fingerprint density at radius 3 is 2.25 bits per heavy atom. The van der Waals surface area contributed by atoms with E-state index in [4.69, 9.17) is 0 Å². The van der Waals surface area contributed by atoms with Crippen LogP contribution in [0.15, 0.2) is 35.2 Å². The van der Waals surface area contributed by atoms with E-state index in [1.165, 1.54) is 17.4 Å². The molecule has 0 saturated carbocycles. The number of hydrogen-bond acceptors (Lipinski definition) is 2. The van der Waals surface area contributed by atoms with Crippen LogP contribution in [0.25, 0.3) is 0 Å². The SMILES string of the molecule is O=S(=O)(C#CF)c1ccccc1. The van der Waals surface area contributed by atoms with Crippen molar-refractivity contribution in [3.8, 4) is 11.4 Å². The van der Waals surface area contributed by atoms with Gasteiger partial charge in [0, 0.05) is 0 Å². The Labute approximate surface area is 70.0 Å². The summed E-state index contributed by atoms with van der Waals surface area (Å²) in [4.78, 5) is 0.00940. The minimum Gasteiger partial charge on any atom is -0.210 e. The van der Waals surface area contributed by atoms with Crippen LogP contribution in [0.5, 0.6) is 0 Å². The van der Waals surface area contributed by atoms with Crippen LogP contribution < -0.4 is 0 Å². The highest BCUT2D eigenvalue weighted by molar-refractivity contribution is 7.96. The molecule has 1 aromatic carbocycles. The summed E-state index contributed by atoms with van der Waals surface area (Å²) in [6, 6.07) is 7.49. The van der Waals surface area contributed by atoms with Gasteiger partial charge in [-0.25, -0.2) is 8.42 Å². The molecule has 0 aromatic heterocycles. The zero-order valence-corrected chi connectivity index (χ0v) is 6.81. The van der Waals surface area contributed by atoms with E-state index in [1.807, 2.05) is 0 Å². The third-order valence-corrected chi connectivity index (χ3v) is 2.47. The van der Waals surface area contributed by atoms with Crippen molar-refractivity contribution in [3.63, 3.8) is 0 Å². The summed E-state index contributed by atoms with van der Waals surface area (Å²) in [7, 11) is -3.75. The smallest absolute Gasteiger partial charge is 0.210 e. The zero-order chi connectivity index (χ0) is 9.03. The van der Waals surface area contributed by atoms with Crippen LogP contribution in [0.3, 0.4) is 0 Å². The molecule has 62 valence electrons. The second kappa shape index (κ2) is 3.37. The van der Waals surface area contributed by atoms with Crippen molar-refractivity contribution in [2.24, 2.45) is 0 Å². The lowest BCUT2D eigenvalue weighted by Gasteiger charge is -1.92. The summed E-state index contributed by atoms with van der Waals surface area (Å²) in [5.41, 5.74) is 0. The van der Waals surface area contributed by atoms with Crippen molar-refractivity contribution in [2.75, 3.05) is 0 Å². The predicted octanol–water partition coefficient (Wildman–Crippen LogP) is 1.35. The minimum absolute atomic E-state index is 0.00940. The van der Waals surface area contributed by atoms with E-state index >= 15 is 0 Å². The lowest BCUT2D eigenvalue weighted by Crippen LogP contribution is -1.95. The number of sulfone groups is 1. The lowest BCUT2D eigenvalue weighted by atomic mass is 10.4. The van der Waals surface area contributed by atoms with Gasteiger partial charge in [0.1, 0.15) is 6.17 Å². The average molecular weight is 184 g/mol. The van der Waals surface area contributed by atoms with Crippen LogP contribution in [0.2, 0.25) is 0 Å². The monoisotopic (exact) mass is 184 g/mol. The molecule has 1 aromatic rings. The molecule has 0 radical (unpaired) electrons. The van der Waals surface area contributed by atoms with E-state index in [-0.39, 0.29) is 4.90 Å². The van der Waals surface area contributed by atoms with Crippen LogP contribution in [-0.4, -0.2) is 8.42 Å². The minimum atomic E-state index is -3.75. The predicted molar refractivity (Wildman–Crippen MR) is 42.5 cm³/mol. The van der Waals surface area contributed by atoms with Gasteiger partial charge in [0.15, 0.2) is 0 Å². The number of halogens is 1. The van der Waals surface area contributed by atoms with Crippen molar-refractivity contribution in [3.05, 3.63) is 30.3 Å². The molecule has 1 rings (SSSR count). The Balaban J connectivity index is 3.22. The van der Waals surface area contributed by atoms with Gasteiger partial charge in [-0.1, -0.05) is 18.2 Å². The maximum atomic E-state index is 11.4. The molecule has 2 nitrogen and oxygen atoms in total. The first-order valence-corrected chi connectivity index (χ1v) is 4.57. The standard InChI is InChI=1S/C8H5FO2S/c9-6-7-12(10,11)8-4-2-1-3-5-8/h1-5H. The number of benzene rings is 1. The molecular weight excluding hydrogens is 179 g/mol. The Morgan fingerprint density at radius 2 is 1.75 bits per heavy atom. The van der Waals surface area contributed by atoms with Gasteiger partial charge in [-0.2, -0.15) is 0 Å². The van der Waals surface area contributed by atoms with Crippen LogP contribution in [0.1, 0.15) is 0 Å². The Morgan fingerprint density at radius 1 is 1.17 bits per heavy atom. The molecule has 0 atom stereocenters. The van der Waals surface area contributed by atoms with Crippen LogP contribution >= 0.6 is 0 Å². The first-order valence-electron chi connectivity index (χ1n) is 3.09. The highest BCUT2D eigenvalue weighted by Crippen LogP contribution is 2.07. The highest BCUT2D eigenvalue weighted by Gasteiger charge is 2.08. The molecule has 0 spiro atoms. The molecule has 0 aliphatic heterocycles. The molecule has 4 heteroatoms. The van der Waals surface area contributed by atoms with E-state index in [0.29, 0.717) is 0 Å². The van der Waals surface area contributed by atoms with E-state index in [1.54, 1.807) is 18.2 Å². The van der Waals surface area contributed by atoms with E-state index < -0.39 is 9.84 Å². The summed E-state index contributed by atoms with van der Waals surface area (Å²) < 4.78 is 33.5. The molecular formula is C8H5FO2S. The van der Waals surface area contributed by atoms with Crippen LogP contribution in [0.4, 0.5) is 4.39 Å². The van der Waals surface area contributed by atoms with Crippen molar-refractivity contribution < 1.29 is 12.8 Å². The van der Waals surface area contributed by atoms with Gasteiger partial charge in [0.25, 0.3) is 0 Å². The van der Waals surface area contributed by atoms with E-state index in [0.717, 1.165) is 6.17 Å². The number of hydrogen-bond donors (Lipinski definition) is 0. The Kier molecular flexibility index (Phi) is 2.46. The van der Waals surface area contributed by atoms with Crippen molar-refractivity contribution in [2.45, 2.75) is 4.90 Å². The first-order chi connectivity index (χ1) is 5.67. The van der Waals surface area contributed by atoms with E-state index in [2.05, 4.69) is 0 Å². The van der Waals surface area contributed by atoms with Gasteiger partial charge in [-0.05, 0) is 12.1 Å². The molecule has 0 unspecified atom stereocenters. The largest absolute Gasteiger partial charge is 0.247 e. The second-order valence-electron chi connectivity index (χ2n) is 2.01. The normalized spacial score (nSPS) is 10.1. The third kappa shape index (κ3) is 1.83. The Bertz CT molecular complexity index is 411. The fourth-order valence-electron chi connectivity index (χ4n) is 0.709. The summed E-state index contributed by atoms with van der Waals surface area (Å²) in [5, 5.41) is 1.49. The van der Waals surface area contributed by atoms with Crippen LogP contribution in [0, 0.1) is 11.4 Å². The molecule has 0 bridgehead atoms. The molecule has 0 amide bonds. The van der Waals surface area contributed by atoms with Gasteiger partial charge in [-0.3, -0.25) is 0 Å². The zero-order valence-electron chi connectivity index (χ0n) is 5.99. The van der Waals surface area contributed by atoms with Crippen molar-refractivity contribution in [1.29, 1.82) is 0 Å². The maximum absolute atomic E-state index is 11.4.